The number of imidazole rings is 1. The number of carbonyl (C=O) groups is 19. The molecule has 20 N–H and O–H groups in total. The molecular weight excluding hydrogens is 1780 g/mol. The molecule has 135 heavy (non-hydrogen) atoms. The number of primary amides is 1. The number of unbranched alkanes of at least 4 members (excludes halogenated alkanes) is 2. The Morgan fingerprint density at radius 3 is 1.82 bits per heavy atom. The number of rotatable bonds is 26. The van der Waals surface area contributed by atoms with Crippen LogP contribution in [0.5, 0.6) is 5.75 Å². The smallest absolute Gasteiger partial charge is 0.323 e. The number of carboxylic acid groups (broad SMARTS) is 2. The molecule has 6 aromatic rings. The molecule has 0 saturated carbocycles. The standard InChI is InChI=1S/C90H121N21O23S/c1-8-10-20-69-83(127)97-49(3)77(121)105-67(79(123)95-42-73(92)115)46-135-47-74(116)98-65(35-51-24-26-55(113)27-25-51)86(130)106(5)50(4)78(122)100-62(31-34-112)88(132)110-33-16-23-70(110)84(128)103-64(38-54-41-93-48-96-54)82(126)101-61(28-29-75(117)118)89(133)111-44-56(114)39-72(111)85(129)102-63(36-52-40-94-59-19-14-12-17-57(52)59)81(125)99-60(30-32-91)80(124)104-66(87(131)108(7)71(21-11-9-2)90(134)107(69)6)37-53-43-109(45-76(119)120)68-22-15-13-18-58(53)68/h12-15,17-19,22,24-27,34,40-41,43,48-50,56,60-67,69-72,94,113-114H,8-11,16,20-21,23,28-33,35-39,42,44-47,91H2,1-7H3,(H2,92,115)(H,93,96)(H,95,123)(H,97,127)(H,98,116)(H,99,125)(H,100,122)(H,101,126)(H,102,129)(H,103,128)(H,104,124)(H,105,121)(H,117,118)(H,119,120)/t49-,50-,56+,60-,61-,62-,63-,64-,65-,66-,67-,69-,70-,71-,72-/m0/s1. The molecule has 3 fully saturated rings. The number of aliphatic hydroxyl groups excluding tert-OH is 1. The predicted molar refractivity (Wildman–Crippen MR) is 488 cm³/mol. The van der Waals surface area contributed by atoms with Gasteiger partial charge in [0.15, 0.2) is 0 Å². The summed E-state index contributed by atoms with van der Waals surface area (Å²) in [7, 11) is 3.85. The fourth-order valence-electron chi connectivity index (χ4n) is 16.6. The first-order valence-electron chi connectivity index (χ1n) is 44.7. The van der Waals surface area contributed by atoms with Crippen LogP contribution in [0.4, 0.5) is 0 Å². The Bertz CT molecular complexity index is 5280. The van der Waals surface area contributed by atoms with E-state index < -0.39 is 267 Å². The van der Waals surface area contributed by atoms with Gasteiger partial charge in [-0.3, -0.25) is 86.3 Å². The number of carbonyl (C=O) groups excluding carboxylic acids is 17. The molecule has 0 radical (unpaired) electrons. The maximum absolute atomic E-state index is 15.9. The Morgan fingerprint density at radius 2 is 1.17 bits per heavy atom. The fraction of sp³-hybridized carbons (Fsp3) is 0.511. The molecule has 6 heterocycles. The first kappa shape index (κ1) is 105. The summed E-state index contributed by atoms with van der Waals surface area (Å²) in [6, 6.07) is -3.14. The fourth-order valence-corrected chi connectivity index (χ4v) is 17.4. The average molecular weight is 1900 g/mol. The Hall–Kier alpha value is -13.9. The number of benzene rings is 3. The zero-order valence-electron chi connectivity index (χ0n) is 76.2. The Kier molecular flexibility index (Phi) is 38.6. The molecule has 16 amide bonds. The third kappa shape index (κ3) is 28.6. The van der Waals surface area contributed by atoms with Crippen LogP contribution in [-0.2, 0) is 123 Å². The van der Waals surface area contributed by atoms with E-state index in [-0.39, 0.29) is 69.5 Å². The lowest BCUT2D eigenvalue weighted by atomic mass is 10.00. The van der Waals surface area contributed by atoms with Crippen molar-refractivity contribution < 1.29 is 112 Å². The highest BCUT2D eigenvalue weighted by Gasteiger charge is 2.47. The first-order valence-corrected chi connectivity index (χ1v) is 45.9. The number of amides is 16. The van der Waals surface area contributed by atoms with Crippen LogP contribution < -0.4 is 64.6 Å². The van der Waals surface area contributed by atoms with Gasteiger partial charge < -0.3 is 129 Å². The topological polar surface area (TPSA) is 643 Å². The van der Waals surface area contributed by atoms with Gasteiger partial charge in [-0.15, -0.1) is 11.8 Å². The van der Waals surface area contributed by atoms with Crippen molar-refractivity contribution in [1.82, 2.24) is 97.2 Å². The second-order valence-electron chi connectivity index (χ2n) is 33.9. The number of phenolic OH excluding ortho intramolecular Hbond substituents is 1. The molecule has 0 bridgehead atoms. The third-order valence-electron chi connectivity index (χ3n) is 24.1. The summed E-state index contributed by atoms with van der Waals surface area (Å²) in [5.41, 5.74) is 14.1. The quantitative estimate of drug-likeness (QED) is 0.0245. The Labute approximate surface area is 781 Å². The number of nitrogens with one attached hydrogen (secondary N) is 12. The SMILES string of the molecule is CCCC[C@H]1C(=O)N(C)[C@@H](CCCC)C(=O)N[C@@H](C)C(=O)N[C@H](C(=O)NCC(N)=O)CSCC(=O)N[C@@H](Cc2ccc(O)cc2)C(=O)N(C)[C@@H](C)C(=O)N[C@@H](CC=O)C(=O)N2CCC[C@H]2C(=O)N[C@@H](Cc2cnc[nH]2)C(=O)N[C@@H](CCC(=O)O)C(=O)N2C[C@H](O)C[C@H]2C(=O)N[C@@H](Cc2c[nH]c3ccccc23)C(=O)N[C@@H](CCN)C(=O)N[C@@H](Cc2cn(CC(=O)O)c3ccccc23)C(=O)N1C. The second kappa shape index (κ2) is 49.8. The number of phenols is 1. The average Bonchev–Trinajstić information content (AvgIpc) is 1.66. The van der Waals surface area contributed by atoms with Gasteiger partial charge in [-0.2, -0.15) is 0 Å². The van der Waals surface area contributed by atoms with E-state index in [1.807, 2.05) is 13.8 Å². The highest BCUT2D eigenvalue weighted by Crippen LogP contribution is 2.29. The van der Waals surface area contributed by atoms with E-state index in [1.165, 1.54) is 82.5 Å². The van der Waals surface area contributed by atoms with E-state index in [9.17, 15) is 78.0 Å². The zero-order valence-corrected chi connectivity index (χ0v) is 77.0. The first-order chi connectivity index (χ1) is 64.3. The maximum atomic E-state index is 15.9. The number of aliphatic hydroxyl groups is 1. The molecule has 0 spiro atoms. The number of likely N-dealkylation sites (N-methyl/N-ethyl adjacent to an activating group) is 3. The number of nitrogens with zero attached hydrogens (tertiary/aromatic N) is 7. The van der Waals surface area contributed by atoms with E-state index in [0.29, 0.717) is 70.5 Å². The van der Waals surface area contributed by atoms with Gasteiger partial charge >= 0.3 is 11.9 Å². The van der Waals surface area contributed by atoms with Crippen molar-refractivity contribution >= 4 is 146 Å². The highest BCUT2D eigenvalue weighted by molar-refractivity contribution is 8.00. The van der Waals surface area contributed by atoms with Crippen molar-refractivity contribution in [2.75, 3.05) is 58.8 Å². The summed E-state index contributed by atoms with van der Waals surface area (Å²) in [6.07, 6.45) is 1.77. The van der Waals surface area contributed by atoms with Crippen LogP contribution in [-0.4, -0.2) is 327 Å². The van der Waals surface area contributed by atoms with Crippen molar-refractivity contribution in [1.29, 1.82) is 0 Å². The number of hydrogen-bond donors (Lipinski definition) is 18. The number of thioether (sulfide) groups is 1. The number of H-pyrrole nitrogens is 2. The second-order valence-corrected chi connectivity index (χ2v) is 35.0. The van der Waals surface area contributed by atoms with E-state index in [4.69, 9.17) is 11.5 Å². The molecule has 15 atom stereocenters. The lowest BCUT2D eigenvalue weighted by molar-refractivity contribution is -0.149. The number of aromatic nitrogens is 4. The third-order valence-corrected chi connectivity index (χ3v) is 25.1. The summed E-state index contributed by atoms with van der Waals surface area (Å²) in [6.45, 7) is 3.91. The number of aromatic hydroxyl groups is 1. The summed E-state index contributed by atoms with van der Waals surface area (Å²) >= 11 is 0.766. The van der Waals surface area contributed by atoms with E-state index in [2.05, 4.69) is 68.1 Å². The zero-order chi connectivity index (χ0) is 98.6. The van der Waals surface area contributed by atoms with Crippen LogP contribution in [0.1, 0.15) is 134 Å². The number of nitrogens with two attached hydrogens (primary N) is 2. The van der Waals surface area contributed by atoms with Crippen molar-refractivity contribution in [3.8, 4) is 5.75 Å². The number of carboxylic acids is 2. The summed E-state index contributed by atoms with van der Waals surface area (Å²) in [5.74, 6) is -19.2. The van der Waals surface area contributed by atoms with Gasteiger partial charge in [0.25, 0.3) is 0 Å². The number of aliphatic carboxylic acids is 2. The van der Waals surface area contributed by atoms with E-state index >= 15 is 33.6 Å². The molecule has 0 aliphatic carbocycles. The van der Waals surface area contributed by atoms with Crippen LogP contribution in [0.25, 0.3) is 21.8 Å². The van der Waals surface area contributed by atoms with Crippen LogP contribution in [0.15, 0.2) is 97.7 Å². The highest BCUT2D eigenvalue weighted by atomic mass is 32.2. The molecule has 3 aromatic heterocycles. The van der Waals surface area contributed by atoms with Crippen molar-refractivity contribution in [2.24, 2.45) is 11.5 Å². The van der Waals surface area contributed by atoms with Crippen LogP contribution in [0.3, 0.4) is 0 Å². The number of para-hydroxylation sites is 2. The number of aldehydes is 1. The minimum absolute atomic E-state index is 0.0125. The van der Waals surface area contributed by atoms with Crippen LogP contribution >= 0.6 is 11.8 Å². The van der Waals surface area contributed by atoms with Crippen molar-refractivity contribution in [3.63, 3.8) is 0 Å². The van der Waals surface area contributed by atoms with Crippen LogP contribution in [0, 0.1) is 0 Å². The van der Waals surface area contributed by atoms with E-state index in [1.54, 1.807) is 54.7 Å². The monoisotopic (exact) mass is 1900 g/mol. The molecule has 44 nitrogen and oxygen atoms in total. The molecule has 730 valence electrons. The van der Waals surface area contributed by atoms with Gasteiger partial charge in [-0.1, -0.05) is 88.1 Å². The maximum Gasteiger partial charge on any atom is 0.323 e. The lowest BCUT2D eigenvalue weighted by Gasteiger charge is -2.36. The number of aromatic amines is 2. The summed E-state index contributed by atoms with van der Waals surface area (Å²) in [5, 5.41) is 68.9. The minimum atomic E-state index is -1.85. The van der Waals surface area contributed by atoms with Gasteiger partial charge in [0.2, 0.25) is 94.5 Å². The largest absolute Gasteiger partial charge is 0.508 e. The van der Waals surface area contributed by atoms with Gasteiger partial charge in [-0.05, 0) is 99.9 Å². The normalized spacial score (nSPS) is 24.7. The molecule has 3 aromatic carbocycles. The van der Waals surface area contributed by atoms with Crippen LogP contribution in [0.2, 0.25) is 0 Å². The van der Waals surface area contributed by atoms with Gasteiger partial charge in [0, 0.05) is 131 Å². The number of fused-ring (bicyclic) bond motifs is 4. The van der Waals surface area contributed by atoms with Gasteiger partial charge in [-0.25, -0.2) is 4.98 Å². The Balaban J connectivity index is 1.10. The molecule has 45 heteroatoms. The molecule has 9 rings (SSSR count). The van der Waals surface area contributed by atoms with Gasteiger partial charge in [0.05, 0.1) is 24.7 Å². The van der Waals surface area contributed by atoms with Gasteiger partial charge in [0.1, 0.15) is 103 Å². The number of hydrogen-bond acceptors (Lipinski definition) is 24. The molecule has 3 aliphatic heterocycles. The summed E-state index contributed by atoms with van der Waals surface area (Å²) in [4.78, 5) is 289. The predicted octanol–water partition coefficient (Wildman–Crippen LogP) is -2.73. The minimum Gasteiger partial charge on any atom is -0.508 e. The molecule has 0 unspecified atom stereocenters. The lowest BCUT2D eigenvalue weighted by Crippen LogP contribution is -2.61. The Morgan fingerprint density at radius 1 is 0.578 bits per heavy atom. The molecule has 3 aliphatic rings. The summed E-state index contributed by atoms with van der Waals surface area (Å²) < 4.78 is 1.42. The van der Waals surface area contributed by atoms with E-state index in [0.717, 1.165) is 36.3 Å². The van der Waals surface area contributed by atoms with Crippen molar-refractivity contribution in [2.45, 2.75) is 234 Å². The van der Waals surface area contributed by atoms with Crippen molar-refractivity contribution in [3.05, 3.63) is 120 Å². The molecule has 3 saturated heterocycles. The molecular formula is C90H121N21O23S.